The van der Waals surface area contributed by atoms with Gasteiger partial charge in [-0.3, -0.25) is 4.79 Å². The molecule has 2 aromatic carbocycles. The van der Waals surface area contributed by atoms with Crippen LogP contribution in [0, 0.1) is 6.92 Å². The van der Waals surface area contributed by atoms with Crippen LogP contribution in [0.3, 0.4) is 0 Å². The Labute approximate surface area is 143 Å². The SMILES string of the molecule is Cc1cccc(COc2ccc(CNC(=O)[C@@H](C)N)cc2)c1.Cl. The largest absolute Gasteiger partial charge is 0.489 e. The number of hydrogen-bond donors (Lipinski definition) is 2. The summed E-state index contributed by atoms with van der Waals surface area (Å²) in [6.07, 6.45) is 0. The standard InChI is InChI=1S/C18H22N2O2.ClH/c1-13-4-3-5-16(10-13)12-22-17-8-6-15(7-9-17)11-20-18(21)14(2)19;/h3-10,14H,11-12,19H2,1-2H3,(H,20,21);1H/t14-;/m1./s1. The minimum absolute atomic E-state index is 0. The molecule has 0 saturated heterocycles. The van der Waals surface area contributed by atoms with Crippen LogP contribution in [-0.2, 0) is 17.9 Å². The van der Waals surface area contributed by atoms with Crippen LogP contribution in [-0.4, -0.2) is 11.9 Å². The monoisotopic (exact) mass is 334 g/mol. The minimum Gasteiger partial charge on any atom is -0.489 e. The third-order valence-corrected chi connectivity index (χ3v) is 3.29. The molecule has 2 rings (SSSR count). The van der Waals surface area contributed by atoms with Crippen LogP contribution in [0.2, 0.25) is 0 Å². The molecule has 4 nitrogen and oxygen atoms in total. The molecular weight excluding hydrogens is 312 g/mol. The summed E-state index contributed by atoms with van der Waals surface area (Å²) < 4.78 is 5.76. The van der Waals surface area contributed by atoms with E-state index in [9.17, 15) is 4.79 Å². The van der Waals surface area contributed by atoms with E-state index >= 15 is 0 Å². The highest BCUT2D eigenvalue weighted by molar-refractivity contribution is 5.85. The predicted octanol–water partition coefficient (Wildman–Crippen LogP) is 2.96. The van der Waals surface area contributed by atoms with Crippen molar-refractivity contribution < 1.29 is 9.53 Å². The Morgan fingerprint density at radius 1 is 1.17 bits per heavy atom. The molecule has 0 spiro atoms. The average molecular weight is 335 g/mol. The van der Waals surface area contributed by atoms with Crippen molar-refractivity contribution in [2.45, 2.75) is 33.0 Å². The van der Waals surface area contributed by atoms with Crippen LogP contribution < -0.4 is 15.8 Å². The fraction of sp³-hybridized carbons (Fsp3) is 0.278. The van der Waals surface area contributed by atoms with E-state index in [-0.39, 0.29) is 18.3 Å². The van der Waals surface area contributed by atoms with E-state index in [0.717, 1.165) is 16.9 Å². The van der Waals surface area contributed by atoms with Gasteiger partial charge < -0.3 is 15.8 Å². The Morgan fingerprint density at radius 3 is 2.48 bits per heavy atom. The second-order valence-electron chi connectivity index (χ2n) is 5.43. The topological polar surface area (TPSA) is 64.3 Å². The van der Waals surface area contributed by atoms with E-state index < -0.39 is 6.04 Å². The Hall–Kier alpha value is -2.04. The Kier molecular flexibility index (Phi) is 7.59. The number of ether oxygens (including phenoxy) is 1. The van der Waals surface area contributed by atoms with Crippen LogP contribution in [0.25, 0.3) is 0 Å². The van der Waals surface area contributed by atoms with Gasteiger partial charge in [-0.1, -0.05) is 42.0 Å². The maximum atomic E-state index is 11.4. The van der Waals surface area contributed by atoms with Crippen molar-refractivity contribution in [3.05, 3.63) is 65.2 Å². The van der Waals surface area contributed by atoms with E-state index in [1.165, 1.54) is 5.56 Å². The number of hydrogen-bond acceptors (Lipinski definition) is 3. The van der Waals surface area contributed by atoms with Gasteiger partial charge in [0, 0.05) is 6.54 Å². The van der Waals surface area contributed by atoms with Gasteiger partial charge in [-0.2, -0.15) is 0 Å². The van der Waals surface area contributed by atoms with Gasteiger partial charge in [-0.05, 0) is 37.1 Å². The molecule has 0 aliphatic rings. The zero-order valence-corrected chi connectivity index (χ0v) is 14.2. The maximum Gasteiger partial charge on any atom is 0.236 e. The summed E-state index contributed by atoms with van der Waals surface area (Å²) in [5.41, 5.74) is 8.88. The van der Waals surface area contributed by atoms with Gasteiger partial charge >= 0.3 is 0 Å². The lowest BCUT2D eigenvalue weighted by Crippen LogP contribution is -2.37. The molecule has 124 valence electrons. The zero-order chi connectivity index (χ0) is 15.9. The van der Waals surface area contributed by atoms with Crippen molar-refractivity contribution in [1.29, 1.82) is 0 Å². The second-order valence-corrected chi connectivity index (χ2v) is 5.43. The molecule has 0 aliphatic heterocycles. The Bertz CT molecular complexity index is 627. The molecule has 1 atom stereocenters. The van der Waals surface area contributed by atoms with Crippen LogP contribution in [0.5, 0.6) is 5.75 Å². The molecule has 0 radical (unpaired) electrons. The first-order valence-corrected chi connectivity index (χ1v) is 7.35. The number of rotatable bonds is 6. The first-order chi connectivity index (χ1) is 10.5. The highest BCUT2D eigenvalue weighted by Gasteiger charge is 2.06. The van der Waals surface area contributed by atoms with Crippen LogP contribution in [0.1, 0.15) is 23.6 Å². The molecule has 23 heavy (non-hydrogen) atoms. The lowest BCUT2D eigenvalue weighted by Gasteiger charge is -2.10. The van der Waals surface area contributed by atoms with Crippen molar-refractivity contribution in [1.82, 2.24) is 5.32 Å². The molecule has 0 heterocycles. The van der Waals surface area contributed by atoms with Crippen molar-refractivity contribution in [2.75, 3.05) is 0 Å². The molecular formula is C18H23ClN2O2. The number of benzene rings is 2. The lowest BCUT2D eigenvalue weighted by molar-refractivity contribution is -0.122. The van der Waals surface area contributed by atoms with Crippen molar-refractivity contribution in [3.8, 4) is 5.75 Å². The van der Waals surface area contributed by atoms with Gasteiger partial charge in [0.15, 0.2) is 0 Å². The van der Waals surface area contributed by atoms with E-state index in [0.29, 0.717) is 13.2 Å². The lowest BCUT2D eigenvalue weighted by atomic mass is 10.1. The number of carbonyl (C=O) groups excluding carboxylic acids is 1. The van der Waals surface area contributed by atoms with E-state index in [1.807, 2.05) is 36.4 Å². The molecule has 0 aliphatic carbocycles. The number of nitrogens with one attached hydrogen (secondary N) is 1. The van der Waals surface area contributed by atoms with Gasteiger partial charge in [0.25, 0.3) is 0 Å². The van der Waals surface area contributed by atoms with Crippen molar-refractivity contribution in [3.63, 3.8) is 0 Å². The fourth-order valence-electron chi connectivity index (χ4n) is 2.02. The van der Waals surface area contributed by atoms with Gasteiger partial charge in [0.2, 0.25) is 5.91 Å². The summed E-state index contributed by atoms with van der Waals surface area (Å²) in [5.74, 6) is 0.656. The third kappa shape index (κ3) is 6.30. The van der Waals surface area contributed by atoms with Gasteiger partial charge in [-0.25, -0.2) is 0 Å². The molecule has 2 aromatic rings. The summed E-state index contributed by atoms with van der Waals surface area (Å²) in [7, 11) is 0. The van der Waals surface area contributed by atoms with Crippen molar-refractivity contribution in [2.24, 2.45) is 5.73 Å². The first kappa shape index (κ1) is 19.0. The molecule has 3 N–H and O–H groups in total. The minimum atomic E-state index is -0.489. The number of nitrogens with two attached hydrogens (primary N) is 1. The number of amides is 1. The van der Waals surface area contributed by atoms with Gasteiger partial charge in [0.05, 0.1) is 6.04 Å². The van der Waals surface area contributed by atoms with Gasteiger partial charge in [-0.15, -0.1) is 12.4 Å². The molecule has 0 bridgehead atoms. The van der Waals surface area contributed by atoms with E-state index in [2.05, 4.69) is 24.4 Å². The van der Waals surface area contributed by atoms with Crippen LogP contribution in [0.15, 0.2) is 48.5 Å². The quantitative estimate of drug-likeness (QED) is 0.853. The van der Waals surface area contributed by atoms with Crippen LogP contribution >= 0.6 is 12.4 Å². The molecule has 5 heteroatoms. The number of halogens is 1. The second kappa shape index (κ2) is 9.18. The van der Waals surface area contributed by atoms with Crippen LogP contribution in [0.4, 0.5) is 0 Å². The molecule has 0 unspecified atom stereocenters. The summed E-state index contributed by atoms with van der Waals surface area (Å²) in [6, 6.07) is 15.4. The zero-order valence-electron chi connectivity index (χ0n) is 13.4. The fourth-order valence-corrected chi connectivity index (χ4v) is 2.02. The maximum absolute atomic E-state index is 11.4. The predicted molar refractivity (Wildman–Crippen MR) is 94.7 cm³/mol. The molecule has 0 saturated carbocycles. The first-order valence-electron chi connectivity index (χ1n) is 7.35. The summed E-state index contributed by atoms with van der Waals surface area (Å²) >= 11 is 0. The van der Waals surface area contributed by atoms with E-state index in [1.54, 1.807) is 6.92 Å². The normalized spacial score (nSPS) is 11.3. The summed E-state index contributed by atoms with van der Waals surface area (Å²) in [4.78, 5) is 11.4. The van der Waals surface area contributed by atoms with E-state index in [4.69, 9.17) is 10.5 Å². The molecule has 0 aromatic heterocycles. The molecule has 1 amide bonds. The third-order valence-electron chi connectivity index (χ3n) is 3.29. The average Bonchev–Trinajstić information content (AvgIpc) is 2.51. The van der Waals surface area contributed by atoms with Crippen molar-refractivity contribution >= 4 is 18.3 Å². The molecule has 0 fully saturated rings. The summed E-state index contributed by atoms with van der Waals surface area (Å²) in [5, 5.41) is 2.78. The van der Waals surface area contributed by atoms with Gasteiger partial charge in [0.1, 0.15) is 12.4 Å². The highest BCUT2D eigenvalue weighted by Crippen LogP contribution is 2.14. The Balaban J connectivity index is 0.00000264. The Morgan fingerprint density at radius 2 is 1.87 bits per heavy atom. The smallest absolute Gasteiger partial charge is 0.236 e. The highest BCUT2D eigenvalue weighted by atomic mass is 35.5. The number of carbonyl (C=O) groups is 1. The number of aryl methyl sites for hydroxylation is 1. The summed E-state index contributed by atoms with van der Waals surface area (Å²) in [6.45, 7) is 4.74.